The van der Waals surface area contributed by atoms with Crippen LogP contribution >= 0.6 is 0 Å². The first-order chi connectivity index (χ1) is 8.11. The van der Waals surface area contributed by atoms with Gasteiger partial charge in [0.1, 0.15) is 0 Å². The zero-order chi connectivity index (χ0) is 12.7. The molecular formula is C14H28N2O. The zero-order valence-electron chi connectivity index (χ0n) is 11.6. The largest absolute Gasteiger partial charge is 0.355 e. The van der Waals surface area contributed by atoms with E-state index in [1.807, 2.05) is 0 Å². The molecule has 0 saturated heterocycles. The van der Waals surface area contributed by atoms with Crippen LogP contribution in [0, 0.1) is 11.8 Å². The first-order valence-corrected chi connectivity index (χ1v) is 7.11. The molecule has 0 aromatic rings. The van der Waals surface area contributed by atoms with E-state index in [9.17, 15) is 4.79 Å². The topological polar surface area (TPSA) is 41.1 Å². The van der Waals surface area contributed by atoms with E-state index in [1.54, 1.807) is 0 Å². The molecule has 0 aliphatic heterocycles. The van der Waals surface area contributed by atoms with Gasteiger partial charge in [-0.3, -0.25) is 4.79 Å². The minimum Gasteiger partial charge on any atom is -0.355 e. The molecule has 1 aliphatic carbocycles. The highest BCUT2D eigenvalue weighted by Crippen LogP contribution is 2.29. The molecule has 0 spiro atoms. The quantitative estimate of drug-likeness (QED) is 0.748. The summed E-state index contributed by atoms with van der Waals surface area (Å²) < 4.78 is 0. The number of carbonyl (C=O) groups excluding carboxylic acids is 1. The van der Waals surface area contributed by atoms with Gasteiger partial charge in [0.25, 0.3) is 0 Å². The summed E-state index contributed by atoms with van der Waals surface area (Å²) in [5.74, 6) is 1.78. The number of rotatable bonds is 6. The highest BCUT2D eigenvalue weighted by molar-refractivity contribution is 5.77. The van der Waals surface area contributed by atoms with Gasteiger partial charge >= 0.3 is 0 Å². The standard InChI is InChI=1S/C14H28N2O/c1-4-12-5-7-13(8-6-12)9-16-14(17)10-15-11(2)3/h11-13,15H,4-10H2,1-3H3,(H,16,17). The number of nitrogens with one attached hydrogen (secondary N) is 2. The Labute approximate surface area is 106 Å². The summed E-state index contributed by atoms with van der Waals surface area (Å²) in [5.41, 5.74) is 0. The van der Waals surface area contributed by atoms with Gasteiger partial charge in [0.2, 0.25) is 5.91 Å². The van der Waals surface area contributed by atoms with Crippen molar-refractivity contribution in [1.82, 2.24) is 10.6 Å². The summed E-state index contributed by atoms with van der Waals surface area (Å²) >= 11 is 0. The Bertz CT molecular complexity index is 220. The first kappa shape index (κ1) is 14.5. The van der Waals surface area contributed by atoms with Gasteiger partial charge < -0.3 is 10.6 Å². The third kappa shape index (κ3) is 6.06. The second-order valence-corrected chi connectivity index (χ2v) is 5.63. The van der Waals surface area contributed by atoms with E-state index in [0.717, 1.165) is 12.5 Å². The highest BCUT2D eigenvalue weighted by atomic mass is 16.1. The molecular weight excluding hydrogens is 212 g/mol. The molecule has 1 fully saturated rings. The van der Waals surface area contributed by atoms with Gasteiger partial charge in [0.05, 0.1) is 6.54 Å². The van der Waals surface area contributed by atoms with E-state index in [2.05, 4.69) is 31.4 Å². The van der Waals surface area contributed by atoms with Gasteiger partial charge in [-0.25, -0.2) is 0 Å². The normalized spacial score (nSPS) is 24.9. The molecule has 0 radical (unpaired) electrons. The maximum Gasteiger partial charge on any atom is 0.233 e. The molecule has 3 heteroatoms. The predicted octanol–water partition coefficient (Wildman–Crippen LogP) is 2.32. The van der Waals surface area contributed by atoms with Gasteiger partial charge in [0, 0.05) is 12.6 Å². The first-order valence-electron chi connectivity index (χ1n) is 7.11. The SMILES string of the molecule is CCC1CCC(CNC(=O)CNC(C)C)CC1. The fourth-order valence-electron chi connectivity index (χ4n) is 2.46. The Hall–Kier alpha value is -0.570. The molecule has 0 atom stereocenters. The maximum absolute atomic E-state index is 11.5. The minimum absolute atomic E-state index is 0.135. The van der Waals surface area contributed by atoms with Crippen molar-refractivity contribution in [3.05, 3.63) is 0 Å². The van der Waals surface area contributed by atoms with Crippen molar-refractivity contribution in [2.75, 3.05) is 13.1 Å². The second kappa shape index (κ2) is 7.70. The Kier molecular flexibility index (Phi) is 6.56. The molecule has 0 unspecified atom stereocenters. The van der Waals surface area contributed by atoms with E-state index in [0.29, 0.717) is 18.5 Å². The van der Waals surface area contributed by atoms with Crippen molar-refractivity contribution in [2.45, 2.75) is 58.9 Å². The van der Waals surface area contributed by atoms with Crippen LogP contribution in [-0.4, -0.2) is 25.0 Å². The molecule has 1 aliphatic rings. The van der Waals surface area contributed by atoms with Crippen LogP contribution in [-0.2, 0) is 4.79 Å². The van der Waals surface area contributed by atoms with Crippen molar-refractivity contribution in [3.63, 3.8) is 0 Å². The van der Waals surface area contributed by atoms with Crippen LogP contribution in [0.5, 0.6) is 0 Å². The fourth-order valence-corrected chi connectivity index (χ4v) is 2.46. The van der Waals surface area contributed by atoms with Crippen LogP contribution in [0.3, 0.4) is 0 Å². The molecule has 1 saturated carbocycles. The Morgan fingerprint density at radius 3 is 2.29 bits per heavy atom. The second-order valence-electron chi connectivity index (χ2n) is 5.63. The lowest BCUT2D eigenvalue weighted by Crippen LogP contribution is -2.39. The lowest BCUT2D eigenvalue weighted by Gasteiger charge is -2.27. The lowest BCUT2D eigenvalue weighted by atomic mass is 9.81. The summed E-state index contributed by atoms with van der Waals surface area (Å²) in [7, 11) is 0. The number of amides is 1. The molecule has 100 valence electrons. The number of hydrogen-bond donors (Lipinski definition) is 2. The smallest absolute Gasteiger partial charge is 0.233 e. The molecule has 3 nitrogen and oxygen atoms in total. The summed E-state index contributed by atoms with van der Waals surface area (Å²) in [6, 6.07) is 0.376. The third-order valence-corrected chi connectivity index (χ3v) is 3.80. The van der Waals surface area contributed by atoms with Crippen molar-refractivity contribution in [1.29, 1.82) is 0 Å². The van der Waals surface area contributed by atoms with E-state index in [4.69, 9.17) is 0 Å². The van der Waals surface area contributed by atoms with E-state index < -0.39 is 0 Å². The van der Waals surface area contributed by atoms with Crippen LogP contribution in [0.1, 0.15) is 52.9 Å². The van der Waals surface area contributed by atoms with Crippen molar-refractivity contribution < 1.29 is 4.79 Å². The van der Waals surface area contributed by atoms with Gasteiger partial charge in [-0.15, -0.1) is 0 Å². The van der Waals surface area contributed by atoms with Crippen LogP contribution in [0.4, 0.5) is 0 Å². The molecule has 1 rings (SSSR count). The minimum atomic E-state index is 0.135. The maximum atomic E-state index is 11.5. The fraction of sp³-hybridized carbons (Fsp3) is 0.929. The Balaban J connectivity index is 2.08. The van der Waals surface area contributed by atoms with Gasteiger partial charge in [-0.05, 0) is 24.7 Å². The van der Waals surface area contributed by atoms with Crippen LogP contribution in [0.2, 0.25) is 0 Å². The molecule has 0 heterocycles. The molecule has 0 aromatic carbocycles. The molecule has 2 N–H and O–H groups in total. The zero-order valence-corrected chi connectivity index (χ0v) is 11.6. The summed E-state index contributed by atoms with van der Waals surface area (Å²) in [4.78, 5) is 11.5. The average molecular weight is 240 g/mol. The lowest BCUT2D eigenvalue weighted by molar-refractivity contribution is -0.120. The Morgan fingerprint density at radius 1 is 1.18 bits per heavy atom. The summed E-state index contributed by atoms with van der Waals surface area (Å²) in [6.07, 6.45) is 6.59. The van der Waals surface area contributed by atoms with Crippen LogP contribution < -0.4 is 10.6 Å². The summed E-state index contributed by atoms with van der Waals surface area (Å²) in [5, 5.41) is 6.18. The molecule has 0 bridgehead atoms. The highest BCUT2D eigenvalue weighted by Gasteiger charge is 2.20. The van der Waals surface area contributed by atoms with Crippen molar-refractivity contribution in [3.8, 4) is 0 Å². The number of carbonyl (C=O) groups is 1. The third-order valence-electron chi connectivity index (χ3n) is 3.80. The Morgan fingerprint density at radius 2 is 1.76 bits per heavy atom. The average Bonchev–Trinajstić information content (AvgIpc) is 2.34. The van der Waals surface area contributed by atoms with E-state index >= 15 is 0 Å². The van der Waals surface area contributed by atoms with Gasteiger partial charge in [-0.1, -0.05) is 40.0 Å². The van der Waals surface area contributed by atoms with E-state index in [-0.39, 0.29) is 5.91 Å². The summed E-state index contributed by atoms with van der Waals surface area (Å²) in [6.45, 7) is 7.71. The van der Waals surface area contributed by atoms with Gasteiger partial charge in [0.15, 0.2) is 0 Å². The monoisotopic (exact) mass is 240 g/mol. The predicted molar refractivity (Wildman–Crippen MR) is 71.9 cm³/mol. The van der Waals surface area contributed by atoms with Crippen molar-refractivity contribution >= 4 is 5.91 Å². The van der Waals surface area contributed by atoms with E-state index in [1.165, 1.54) is 32.1 Å². The van der Waals surface area contributed by atoms with Gasteiger partial charge in [-0.2, -0.15) is 0 Å². The van der Waals surface area contributed by atoms with Crippen LogP contribution in [0.25, 0.3) is 0 Å². The molecule has 0 aromatic heterocycles. The van der Waals surface area contributed by atoms with Crippen LogP contribution in [0.15, 0.2) is 0 Å². The molecule has 1 amide bonds. The molecule has 17 heavy (non-hydrogen) atoms. The van der Waals surface area contributed by atoms with Crippen molar-refractivity contribution in [2.24, 2.45) is 11.8 Å². The number of hydrogen-bond acceptors (Lipinski definition) is 2.